The van der Waals surface area contributed by atoms with Crippen molar-refractivity contribution in [2.75, 3.05) is 24.1 Å². The summed E-state index contributed by atoms with van der Waals surface area (Å²) in [7, 11) is 0. The Kier molecular flexibility index (Phi) is 4.26. The number of halogens is 1. The number of anilines is 2. The minimum absolute atomic E-state index is 0.0613. The molecular weight excluding hydrogens is 354 g/mol. The fourth-order valence-electron chi connectivity index (χ4n) is 3.52. The molecule has 8 heteroatoms. The fraction of sp³-hybridized carbons (Fsp3) is 0.500. The molecule has 2 aliphatic rings. The Labute approximate surface area is 156 Å². The highest BCUT2D eigenvalue weighted by atomic mass is 35.5. The third-order valence-electron chi connectivity index (χ3n) is 5.47. The van der Waals surface area contributed by atoms with Crippen LogP contribution in [0.25, 0.3) is 11.5 Å². The largest absolute Gasteiger partial charge is 0.403 e. The molecule has 7 nitrogen and oxygen atoms in total. The molecule has 1 spiro atoms. The molecule has 1 aromatic heterocycles. The fourth-order valence-corrected chi connectivity index (χ4v) is 3.70. The van der Waals surface area contributed by atoms with Gasteiger partial charge in [-0.3, -0.25) is 4.79 Å². The normalized spacial score (nSPS) is 19.4. The molecule has 1 aliphatic heterocycles. The maximum Gasteiger partial charge on any atom is 0.316 e. The summed E-state index contributed by atoms with van der Waals surface area (Å²) in [5.74, 6) is 0.348. The predicted octanol–water partition coefficient (Wildman–Crippen LogP) is 3.18. The van der Waals surface area contributed by atoms with Crippen LogP contribution in [0.2, 0.25) is 5.02 Å². The van der Waals surface area contributed by atoms with Crippen molar-refractivity contribution in [3.63, 3.8) is 0 Å². The zero-order chi connectivity index (χ0) is 18.3. The second-order valence-corrected chi connectivity index (χ2v) is 7.77. The smallest absolute Gasteiger partial charge is 0.316 e. The number of benzene rings is 1. The number of carbonyl (C=O) groups excluding carboxylic acids is 1. The van der Waals surface area contributed by atoms with E-state index in [1.807, 2.05) is 11.8 Å². The standard InChI is InChI=1S/C18H22ClN5O2/c1-11(16(25)24-8-6-18(4-5-18)7-9-24)21-17-23-22-15(26-17)13-3-2-12(19)10-14(13)20/h2-3,10-11H,4-9,20H2,1H3,(H,21,23)/t11-/m0/s1. The summed E-state index contributed by atoms with van der Waals surface area (Å²) in [4.78, 5) is 14.6. The minimum atomic E-state index is -0.431. The van der Waals surface area contributed by atoms with E-state index in [1.165, 1.54) is 12.8 Å². The molecule has 26 heavy (non-hydrogen) atoms. The summed E-state index contributed by atoms with van der Waals surface area (Å²) in [6, 6.07) is 4.83. The van der Waals surface area contributed by atoms with Crippen molar-refractivity contribution in [3.8, 4) is 11.5 Å². The molecule has 2 aromatic rings. The quantitative estimate of drug-likeness (QED) is 0.796. The molecule has 2 fully saturated rings. The second-order valence-electron chi connectivity index (χ2n) is 7.34. The van der Waals surface area contributed by atoms with Gasteiger partial charge in [0.25, 0.3) is 5.89 Å². The van der Waals surface area contributed by atoms with Gasteiger partial charge in [0.05, 0.1) is 5.56 Å². The minimum Gasteiger partial charge on any atom is -0.403 e. The van der Waals surface area contributed by atoms with E-state index in [-0.39, 0.29) is 17.8 Å². The number of rotatable bonds is 4. The van der Waals surface area contributed by atoms with E-state index in [0.29, 0.717) is 21.7 Å². The summed E-state index contributed by atoms with van der Waals surface area (Å²) in [5.41, 5.74) is 7.56. The van der Waals surface area contributed by atoms with Crippen molar-refractivity contribution in [3.05, 3.63) is 23.2 Å². The number of carbonyl (C=O) groups is 1. The number of nitrogens with two attached hydrogens (primary N) is 1. The van der Waals surface area contributed by atoms with Crippen LogP contribution >= 0.6 is 11.6 Å². The number of nitrogens with one attached hydrogen (secondary N) is 1. The molecule has 0 bridgehead atoms. The Balaban J connectivity index is 1.39. The molecule has 4 rings (SSSR count). The van der Waals surface area contributed by atoms with E-state index in [2.05, 4.69) is 15.5 Å². The van der Waals surface area contributed by atoms with Crippen LogP contribution in [-0.2, 0) is 4.79 Å². The molecule has 1 aromatic carbocycles. The Morgan fingerprint density at radius 3 is 2.69 bits per heavy atom. The molecule has 0 unspecified atom stereocenters. The summed E-state index contributed by atoms with van der Waals surface area (Å²) in [5, 5.41) is 11.5. The summed E-state index contributed by atoms with van der Waals surface area (Å²) < 4.78 is 5.61. The van der Waals surface area contributed by atoms with Gasteiger partial charge in [0.1, 0.15) is 6.04 Å². The van der Waals surface area contributed by atoms with Crippen LogP contribution in [0.5, 0.6) is 0 Å². The van der Waals surface area contributed by atoms with Gasteiger partial charge in [-0.05, 0) is 56.2 Å². The molecule has 3 N–H and O–H groups in total. The predicted molar refractivity (Wildman–Crippen MR) is 99.7 cm³/mol. The Bertz CT molecular complexity index is 823. The van der Waals surface area contributed by atoms with Crippen molar-refractivity contribution < 1.29 is 9.21 Å². The molecule has 1 aliphatic carbocycles. The van der Waals surface area contributed by atoms with E-state index >= 15 is 0 Å². The lowest BCUT2D eigenvalue weighted by atomic mass is 9.93. The first-order valence-corrected chi connectivity index (χ1v) is 9.28. The highest BCUT2D eigenvalue weighted by Crippen LogP contribution is 2.53. The lowest BCUT2D eigenvalue weighted by Crippen LogP contribution is -2.45. The van der Waals surface area contributed by atoms with Crippen molar-refractivity contribution in [2.45, 2.75) is 38.6 Å². The first-order chi connectivity index (χ1) is 12.5. The van der Waals surface area contributed by atoms with Crippen molar-refractivity contribution in [1.82, 2.24) is 15.1 Å². The number of likely N-dealkylation sites (tertiary alicyclic amines) is 1. The molecule has 1 saturated carbocycles. The number of hydrogen-bond acceptors (Lipinski definition) is 6. The van der Waals surface area contributed by atoms with Gasteiger partial charge in [-0.25, -0.2) is 0 Å². The topological polar surface area (TPSA) is 97.3 Å². The first-order valence-electron chi connectivity index (χ1n) is 8.90. The van der Waals surface area contributed by atoms with Gasteiger partial charge < -0.3 is 20.4 Å². The zero-order valence-corrected chi connectivity index (χ0v) is 15.4. The average Bonchev–Trinajstić information content (AvgIpc) is 3.21. The molecule has 1 atom stereocenters. The Morgan fingerprint density at radius 1 is 1.31 bits per heavy atom. The highest BCUT2D eigenvalue weighted by molar-refractivity contribution is 6.31. The lowest BCUT2D eigenvalue weighted by molar-refractivity contribution is -0.133. The molecule has 138 valence electrons. The van der Waals surface area contributed by atoms with E-state index in [9.17, 15) is 4.79 Å². The van der Waals surface area contributed by atoms with Crippen LogP contribution in [0.15, 0.2) is 22.6 Å². The van der Waals surface area contributed by atoms with Gasteiger partial charge in [-0.15, -0.1) is 5.10 Å². The Morgan fingerprint density at radius 2 is 2.04 bits per heavy atom. The van der Waals surface area contributed by atoms with Crippen molar-refractivity contribution in [2.24, 2.45) is 5.41 Å². The van der Waals surface area contributed by atoms with Gasteiger partial charge in [0, 0.05) is 23.8 Å². The highest BCUT2D eigenvalue weighted by Gasteiger charge is 2.45. The van der Waals surface area contributed by atoms with Gasteiger partial charge in [-0.2, -0.15) is 0 Å². The van der Waals surface area contributed by atoms with Gasteiger partial charge in [-0.1, -0.05) is 16.7 Å². The maximum atomic E-state index is 12.6. The number of aromatic nitrogens is 2. The number of amides is 1. The van der Waals surface area contributed by atoms with Gasteiger partial charge in [0.2, 0.25) is 5.91 Å². The van der Waals surface area contributed by atoms with E-state index < -0.39 is 6.04 Å². The summed E-state index contributed by atoms with van der Waals surface area (Å²) in [6.45, 7) is 3.48. The third-order valence-corrected chi connectivity index (χ3v) is 5.71. The third kappa shape index (κ3) is 3.35. The number of hydrogen-bond donors (Lipinski definition) is 2. The zero-order valence-electron chi connectivity index (χ0n) is 14.7. The van der Waals surface area contributed by atoms with E-state index in [4.69, 9.17) is 21.8 Å². The summed E-state index contributed by atoms with van der Waals surface area (Å²) >= 11 is 5.91. The monoisotopic (exact) mass is 375 g/mol. The molecule has 1 amide bonds. The van der Waals surface area contributed by atoms with Crippen LogP contribution in [0.3, 0.4) is 0 Å². The molecule has 2 heterocycles. The van der Waals surface area contributed by atoms with Crippen LogP contribution in [0.1, 0.15) is 32.6 Å². The Hall–Kier alpha value is -2.28. The second kappa shape index (κ2) is 6.46. The number of piperidine rings is 1. The van der Waals surface area contributed by atoms with Crippen LogP contribution < -0.4 is 11.1 Å². The average molecular weight is 376 g/mol. The lowest BCUT2D eigenvalue weighted by Gasteiger charge is -2.33. The van der Waals surface area contributed by atoms with E-state index in [1.54, 1.807) is 18.2 Å². The molecular formula is C18H22ClN5O2. The van der Waals surface area contributed by atoms with Crippen LogP contribution in [0.4, 0.5) is 11.7 Å². The van der Waals surface area contributed by atoms with Crippen molar-refractivity contribution >= 4 is 29.2 Å². The van der Waals surface area contributed by atoms with Crippen molar-refractivity contribution in [1.29, 1.82) is 0 Å². The number of nitrogens with zero attached hydrogens (tertiary/aromatic N) is 3. The molecule has 1 saturated heterocycles. The molecule has 0 radical (unpaired) electrons. The summed E-state index contributed by atoms with van der Waals surface area (Å²) in [6.07, 6.45) is 4.88. The maximum absolute atomic E-state index is 12.6. The van der Waals surface area contributed by atoms with Gasteiger partial charge in [0.15, 0.2) is 0 Å². The van der Waals surface area contributed by atoms with Gasteiger partial charge >= 0.3 is 6.01 Å². The van der Waals surface area contributed by atoms with E-state index in [0.717, 1.165) is 25.9 Å². The van der Waals surface area contributed by atoms with Crippen LogP contribution in [-0.4, -0.2) is 40.1 Å². The van der Waals surface area contributed by atoms with Crippen LogP contribution in [0, 0.1) is 5.41 Å². The SMILES string of the molecule is C[C@H](Nc1nnc(-c2ccc(Cl)cc2N)o1)C(=O)N1CCC2(CC1)CC2. The number of nitrogen functional groups attached to an aromatic ring is 1. The first kappa shape index (κ1) is 17.1.